The monoisotopic (exact) mass is 204 g/mol. The molecule has 0 spiro atoms. The number of hydrogen-bond donors (Lipinski definition) is 1. The van der Waals surface area contributed by atoms with Crippen molar-refractivity contribution in [3.05, 3.63) is 11.3 Å². The van der Waals surface area contributed by atoms with Crippen LogP contribution >= 0.6 is 0 Å². The number of nitrogens with one attached hydrogen (secondary N) is 1. The fourth-order valence-corrected chi connectivity index (χ4v) is 1.89. The molecule has 15 heavy (non-hydrogen) atoms. The van der Waals surface area contributed by atoms with E-state index in [4.69, 9.17) is 5.26 Å². The van der Waals surface area contributed by atoms with Crippen LogP contribution in [-0.4, -0.2) is 15.8 Å². The van der Waals surface area contributed by atoms with E-state index in [9.17, 15) is 0 Å². The van der Waals surface area contributed by atoms with Crippen LogP contribution in [0.15, 0.2) is 0 Å². The largest absolute Gasteiger partial charge is 0.366 e. The second kappa shape index (κ2) is 3.58. The lowest BCUT2D eigenvalue weighted by Gasteiger charge is -2.14. The second-order valence-electron chi connectivity index (χ2n) is 4.31. The third kappa shape index (κ3) is 1.82. The van der Waals surface area contributed by atoms with Crippen LogP contribution in [-0.2, 0) is 7.05 Å². The highest BCUT2D eigenvalue weighted by molar-refractivity contribution is 5.55. The summed E-state index contributed by atoms with van der Waals surface area (Å²) in [5.74, 6) is 1.63. The molecule has 1 atom stereocenters. The van der Waals surface area contributed by atoms with Crippen molar-refractivity contribution in [1.29, 1.82) is 5.26 Å². The molecule has 80 valence electrons. The van der Waals surface area contributed by atoms with Gasteiger partial charge in [-0.2, -0.15) is 10.4 Å². The Bertz CT molecular complexity index is 409. The molecule has 1 heterocycles. The highest BCUT2D eigenvalue weighted by atomic mass is 15.3. The Hall–Kier alpha value is -1.50. The first-order chi connectivity index (χ1) is 7.13. The van der Waals surface area contributed by atoms with Gasteiger partial charge in [0.25, 0.3) is 0 Å². The molecule has 1 aliphatic rings. The summed E-state index contributed by atoms with van der Waals surface area (Å²) < 4.78 is 1.76. The van der Waals surface area contributed by atoms with E-state index >= 15 is 0 Å². The van der Waals surface area contributed by atoms with Crippen molar-refractivity contribution >= 4 is 5.82 Å². The quantitative estimate of drug-likeness (QED) is 0.817. The number of nitrogens with zero attached hydrogens (tertiary/aromatic N) is 3. The van der Waals surface area contributed by atoms with Gasteiger partial charge in [-0.1, -0.05) is 0 Å². The van der Waals surface area contributed by atoms with Crippen molar-refractivity contribution in [2.24, 2.45) is 13.0 Å². The summed E-state index contributed by atoms with van der Waals surface area (Å²) in [4.78, 5) is 0. The molecule has 1 N–H and O–H groups in total. The van der Waals surface area contributed by atoms with Gasteiger partial charge in [0.05, 0.1) is 5.69 Å². The predicted molar refractivity (Wildman–Crippen MR) is 58.5 cm³/mol. The van der Waals surface area contributed by atoms with E-state index in [1.807, 2.05) is 14.0 Å². The Kier molecular flexibility index (Phi) is 2.39. The highest BCUT2D eigenvalue weighted by Gasteiger charge is 2.29. The summed E-state index contributed by atoms with van der Waals surface area (Å²) in [6.07, 6.45) is 2.60. The molecule has 4 heteroatoms. The molecule has 1 saturated carbocycles. The van der Waals surface area contributed by atoms with Crippen molar-refractivity contribution < 1.29 is 0 Å². The topological polar surface area (TPSA) is 53.6 Å². The molecule has 2 rings (SSSR count). The van der Waals surface area contributed by atoms with Gasteiger partial charge in [-0.25, -0.2) is 0 Å². The van der Waals surface area contributed by atoms with Gasteiger partial charge >= 0.3 is 0 Å². The molecule has 1 aromatic rings. The average Bonchev–Trinajstić information content (AvgIpc) is 2.96. The minimum atomic E-state index is 0.437. The van der Waals surface area contributed by atoms with Crippen molar-refractivity contribution in [2.45, 2.75) is 32.7 Å². The van der Waals surface area contributed by atoms with Crippen molar-refractivity contribution in [3.63, 3.8) is 0 Å². The Morgan fingerprint density at radius 2 is 2.27 bits per heavy atom. The minimum absolute atomic E-state index is 0.437. The Morgan fingerprint density at radius 1 is 1.60 bits per heavy atom. The normalized spacial score (nSPS) is 17.2. The van der Waals surface area contributed by atoms with E-state index in [0.29, 0.717) is 11.6 Å². The number of nitriles is 1. The first kappa shape index (κ1) is 10.0. The molecule has 4 nitrogen and oxygen atoms in total. The maximum Gasteiger partial charge on any atom is 0.142 e. The van der Waals surface area contributed by atoms with Gasteiger partial charge in [-0.15, -0.1) is 0 Å². The number of hydrogen-bond acceptors (Lipinski definition) is 3. The Balaban J connectivity index is 2.22. The van der Waals surface area contributed by atoms with Gasteiger partial charge in [-0.3, -0.25) is 4.68 Å². The maximum absolute atomic E-state index is 9.04. The molecule has 0 amide bonds. The van der Waals surface area contributed by atoms with Crippen molar-refractivity contribution in [1.82, 2.24) is 9.78 Å². The lowest BCUT2D eigenvalue weighted by Crippen LogP contribution is -2.19. The van der Waals surface area contributed by atoms with Crippen LogP contribution < -0.4 is 5.32 Å². The minimum Gasteiger partial charge on any atom is -0.366 e. The fraction of sp³-hybridized carbons (Fsp3) is 0.636. The standard InChI is InChI=1S/C11H16N4/c1-7(9-4-5-9)13-11-10(6-12)8(2)14-15(11)3/h7,9,13H,4-5H2,1-3H3. The summed E-state index contributed by atoms with van der Waals surface area (Å²) >= 11 is 0. The lowest BCUT2D eigenvalue weighted by atomic mass is 10.2. The second-order valence-corrected chi connectivity index (χ2v) is 4.31. The van der Waals surface area contributed by atoms with Crippen LogP contribution in [0.3, 0.4) is 0 Å². The van der Waals surface area contributed by atoms with Crippen molar-refractivity contribution in [3.8, 4) is 6.07 Å². The van der Waals surface area contributed by atoms with Crippen LogP contribution in [0, 0.1) is 24.2 Å². The number of rotatable bonds is 3. The summed E-state index contributed by atoms with van der Waals surface area (Å²) in [5.41, 5.74) is 1.47. The summed E-state index contributed by atoms with van der Waals surface area (Å²) in [5, 5.41) is 16.7. The van der Waals surface area contributed by atoms with Gasteiger partial charge in [0, 0.05) is 13.1 Å². The van der Waals surface area contributed by atoms with E-state index in [0.717, 1.165) is 17.4 Å². The lowest BCUT2D eigenvalue weighted by molar-refractivity contribution is 0.670. The SMILES string of the molecule is Cc1nn(C)c(NC(C)C2CC2)c1C#N. The molecular weight excluding hydrogens is 188 g/mol. The zero-order chi connectivity index (χ0) is 11.0. The maximum atomic E-state index is 9.04. The summed E-state index contributed by atoms with van der Waals surface area (Å²) in [6.45, 7) is 4.03. The third-order valence-electron chi connectivity index (χ3n) is 3.03. The van der Waals surface area contributed by atoms with Crippen LogP contribution in [0.25, 0.3) is 0 Å². The molecule has 0 radical (unpaired) electrons. The zero-order valence-corrected chi connectivity index (χ0v) is 9.41. The Morgan fingerprint density at radius 3 is 2.80 bits per heavy atom. The smallest absolute Gasteiger partial charge is 0.142 e. The van der Waals surface area contributed by atoms with Gasteiger partial charge in [-0.05, 0) is 32.6 Å². The number of aromatic nitrogens is 2. The first-order valence-electron chi connectivity index (χ1n) is 5.33. The van der Waals surface area contributed by atoms with Gasteiger partial charge < -0.3 is 5.32 Å². The molecule has 0 aliphatic heterocycles. The number of anilines is 1. The molecule has 0 bridgehead atoms. The number of aryl methyl sites for hydroxylation is 2. The highest BCUT2D eigenvalue weighted by Crippen LogP contribution is 2.34. The molecule has 0 saturated heterocycles. The molecule has 0 aromatic carbocycles. The average molecular weight is 204 g/mol. The van der Waals surface area contributed by atoms with E-state index < -0.39 is 0 Å². The van der Waals surface area contributed by atoms with E-state index in [1.165, 1.54) is 12.8 Å². The first-order valence-corrected chi connectivity index (χ1v) is 5.33. The molecule has 1 aliphatic carbocycles. The molecular formula is C11H16N4. The summed E-state index contributed by atoms with van der Waals surface area (Å²) in [7, 11) is 1.87. The summed E-state index contributed by atoms with van der Waals surface area (Å²) in [6, 6.07) is 2.64. The van der Waals surface area contributed by atoms with Crippen LogP contribution in [0.4, 0.5) is 5.82 Å². The molecule has 1 fully saturated rings. The van der Waals surface area contributed by atoms with E-state index in [-0.39, 0.29) is 0 Å². The van der Waals surface area contributed by atoms with Gasteiger partial charge in [0.2, 0.25) is 0 Å². The zero-order valence-electron chi connectivity index (χ0n) is 9.41. The van der Waals surface area contributed by atoms with Crippen LogP contribution in [0.5, 0.6) is 0 Å². The fourth-order valence-electron chi connectivity index (χ4n) is 1.89. The predicted octanol–water partition coefficient (Wildman–Crippen LogP) is 1.81. The van der Waals surface area contributed by atoms with Crippen LogP contribution in [0.2, 0.25) is 0 Å². The van der Waals surface area contributed by atoms with Gasteiger partial charge in [0.1, 0.15) is 17.5 Å². The molecule has 1 unspecified atom stereocenters. The van der Waals surface area contributed by atoms with E-state index in [1.54, 1.807) is 4.68 Å². The van der Waals surface area contributed by atoms with Gasteiger partial charge in [0.15, 0.2) is 0 Å². The van der Waals surface area contributed by atoms with E-state index in [2.05, 4.69) is 23.4 Å². The van der Waals surface area contributed by atoms with Crippen LogP contribution in [0.1, 0.15) is 31.0 Å². The third-order valence-corrected chi connectivity index (χ3v) is 3.03. The molecule has 1 aromatic heterocycles. The van der Waals surface area contributed by atoms with Crippen molar-refractivity contribution in [2.75, 3.05) is 5.32 Å². The Labute approximate surface area is 89.9 Å².